The highest BCUT2D eigenvalue weighted by atomic mass is 16.5. The summed E-state index contributed by atoms with van der Waals surface area (Å²) < 4.78 is 6.07. The number of anilines is 1. The highest BCUT2D eigenvalue weighted by molar-refractivity contribution is 6.00. The minimum absolute atomic E-state index is 0.246. The molecule has 1 unspecified atom stereocenters. The monoisotopic (exact) mass is 268 g/mol. The van der Waals surface area contributed by atoms with Crippen LogP contribution in [0.25, 0.3) is 0 Å². The van der Waals surface area contributed by atoms with Crippen molar-refractivity contribution in [2.24, 2.45) is 13.0 Å². The van der Waals surface area contributed by atoms with Crippen LogP contribution >= 0.6 is 0 Å². The maximum Gasteiger partial charge on any atom is 0.328 e. The number of rotatable bonds is 5. The van der Waals surface area contributed by atoms with E-state index in [4.69, 9.17) is 5.73 Å². The van der Waals surface area contributed by atoms with Crippen LogP contribution in [0.4, 0.5) is 5.82 Å². The third kappa shape index (κ3) is 3.70. The number of hydrogen-bond acceptors (Lipinski definition) is 5. The van der Waals surface area contributed by atoms with Gasteiger partial charge < -0.3 is 15.8 Å². The van der Waals surface area contributed by atoms with Crippen molar-refractivity contribution in [2.45, 2.75) is 26.3 Å². The molecule has 7 nitrogen and oxygen atoms in total. The second kappa shape index (κ2) is 6.21. The summed E-state index contributed by atoms with van der Waals surface area (Å²) in [5.74, 6) is -0.396. The first-order valence-corrected chi connectivity index (χ1v) is 6.03. The van der Waals surface area contributed by atoms with E-state index in [0.29, 0.717) is 6.42 Å². The number of aromatic nitrogens is 2. The molecule has 0 saturated carbocycles. The van der Waals surface area contributed by atoms with Crippen LogP contribution in [0.3, 0.4) is 0 Å². The quantitative estimate of drug-likeness (QED) is 0.749. The van der Waals surface area contributed by atoms with Crippen molar-refractivity contribution in [1.29, 1.82) is 0 Å². The van der Waals surface area contributed by atoms with Crippen molar-refractivity contribution in [1.82, 2.24) is 15.1 Å². The van der Waals surface area contributed by atoms with Crippen LogP contribution < -0.4 is 11.1 Å². The van der Waals surface area contributed by atoms with E-state index in [1.807, 2.05) is 13.8 Å². The summed E-state index contributed by atoms with van der Waals surface area (Å²) in [7, 11) is 2.93. The molecule has 1 amide bonds. The van der Waals surface area contributed by atoms with Gasteiger partial charge in [-0.3, -0.25) is 9.48 Å². The van der Waals surface area contributed by atoms with Crippen LogP contribution in [-0.2, 0) is 16.6 Å². The van der Waals surface area contributed by atoms with Crippen LogP contribution in [0, 0.1) is 5.92 Å². The minimum atomic E-state index is -0.683. The molecule has 0 aliphatic rings. The van der Waals surface area contributed by atoms with Crippen LogP contribution in [0.2, 0.25) is 0 Å². The zero-order valence-corrected chi connectivity index (χ0v) is 11.6. The normalized spacial score (nSPS) is 12.3. The van der Waals surface area contributed by atoms with E-state index >= 15 is 0 Å². The summed E-state index contributed by atoms with van der Waals surface area (Å²) >= 11 is 0. The predicted octanol–water partition coefficient (Wildman–Crippen LogP) is 0.320. The van der Waals surface area contributed by atoms with Crippen LogP contribution in [0.15, 0.2) is 6.20 Å². The summed E-state index contributed by atoms with van der Waals surface area (Å²) in [5.41, 5.74) is 5.96. The van der Waals surface area contributed by atoms with Gasteiger partial charge in [0.05, 0.1) is 13.3 Å². The van der Waals surface area contributed by atoms with Crippen LogP contribution in [-0.4, -0.2) is 34.8 Å². The number of ether oxygens (including phenoxy) is 1. The van der Waals surface area contributed by atoms with Gasteiger partial charge in [-0.1, -0.05) is 13.8 Å². The van der Waals surface area contributed by atoms with Gasteiger partial charge in [-0.2, -0.15) is 5.10 Å². The number of carbonyl (C=O) groups is 2. The minimum Gasteiger partial charge on any atom is -0.467 e. The number of carbonyl (C=O) groups excluding carboxylic acids is 2. The first-order chi connectivity index (χ1) is 8.86. The lowest BCUT2D eigenvalue weighted by atomic mass is 10.0. The highest BCUT2D eigenvalue weighted by Gasteiger charge is 2.24. The van der Waals surface area contributed by atoms with E-state index in [2.05, 4.69) is 15.2 Å². The molecule has 1 heterocycles. The fourth-order valence-corrected chi connectivity index (χ4v) is 1.69. The summed E-state index contributed by atoms with van der Waals surface area (Å²) in [5, 5.41) is 6.51. The molecule has 1 aromatic rings. The largest absolute Gasteiger partial charge is 0.467 e. The second-order valence-corrected chi connectivity index (χ2v) is 4.75. The van der Waals surface area contributed by atoms with Crippen molar-refractivity contribution >= 4 is 17.7 Å². The Hall–Kier alpha value is -2.05. The lowest BCUT2D eigenvalue weighted by molar-refractivity contribution is -0.143. The van der Waals surface area contributed by atoms with E-state index in [9.17, 15) is 9.59 Å². The average Bonchev–Trinajstić information content (AvgIpc) is 2.67. The number of nitrogen functional groups attached to an aromatic ring is 1. The smallest absolute Gasteiger partial charge is 0.328 e. The molecule has 0 fully saturated rings. The van der Waals surface area contributed by atoms with Gasteiger partial charge in [-0.05, 0) is 12.3 Å². The van der Waals surface area contributed by atoms with Gasteiger partial charge in [-0.25, -0.2) is 4.79 Å². The number of nitrogens with two attached hydrogens (primary N) is 1. The number of nitrogens with one attached hydrogen (secondary N) is 1. The number of aryl methyl sites for hydroxylation is 1. The van der Waals surface area contributed by atoms with E-state index in [1.165, 1.54) is 18.0 Å². The molecule has 7 heteroatoms. The molecule has 0 aliphatic carbocycles. The zero-order valence-electron chi connectivity index (χ0n) is 11.6. The molecular formula is C12H20N4O3. The SMILES string of the molecule is COC(=O)C(CC(C)C)NC(=O)c1cnn(C)c1N. The van der Waals surface area contributed by atoms with E-state index < -0.39 is 17.9 Å². The fraction of sp³-hybridized carbons (Fsp3) is 0.583. The summed E-state index contributed by atoms with van der Waals surface area (Å²) in [6, 6.07) is -0.683. The number of hydrogen-bond donors (Lipinski definition) is 2. The van der Waals surface area contributed by atoms with E-state index in [1.54, 1.807) is 7.05 Å². The average molecular weight is 268 g/mol. The molecule has 0 aliphatic heterocycles. The maximum absolute atomic E-state index is 12.0. The molecule has 0 radical (unpaired) electrons. The van der Waals surface area contributed by atoms with Crippen LogP contribution in [0.5, 0.6) is 0 Å². The van der Waals surface area contributed by atoms with Crippen LogP contribution in [0.1, 0.15) is 30.6 Å². The molecular weight excluding hydrogens is 248 g/mol. The fourth-order valence-electron chi connectivity index (χ4n) is 1.69. The van der Waals surface area contributed by atoms with Crippen molar-refractivity contribution in [3.05, 3.63) is 11.8 Å². The third-order valence-corrected chi connectivity index (χ3v) is 2.73. The Morgan fingerprint density at radius 2 is 2.16 bits per heavy atom. The van der Waals surface area contributed by atoms with Crippen molar-refractivity contribution < 1.29 is 14.3 Å². The lowest BCUT2D eigenvalue weighted by Crippen LogP contribution is -2.42. The van der Waals surface area contributed by atoms with Crippen molar-refractivity contribution in [3.63, 3.8) is 0 Å². The molecule has 106 valence electrons. The van der Waals surface area contributed by atoms with Gasteiger partial charge in [0.2, 0.25) is 0 Å². The first-order valence-electron chi connectivity index (χ1n) is 6.03. The van der Waals surface area contributed by atoms with Crippen molar-refractivity contribution in [3.8, 4) is 0 Å². The number of amides is 1. The van der Waals surface area contributed by atoms with Gasteiger partial charge in [0.15, 0.2) is 0 Å². The topological polar surface area (TPSA) is 99.2 Å². The maximum atomic E-state index is 12.0. The van der Waals surface area contributed by atoms with Gasteiger partial charge in [0.1, 0.15) is 17.4 Å². The summed E-state index contributed by atoms with van der Waals surface area (Å²) in [6.07, 6.45) is 1.87. The standard InChI is InChI=1S/C12H20N4O3/c1-7(2)5-9(12(18)19-4)15-11(17)8-6-14-16(3)10(8)13/h6-7,9H,5,13H2,1-4H3,(H,15,17). The Kier molecular flexibility index (Phi) is 4.91. The Labute approximate surface area is 112 Å². The second-order valence-electron chi connectivity index (χ2n) is 4.75. The molecule has 3 N–H and O–H groups in total. The van der Waals surface area contributed by atoms with Crippen molar-refractivity contribution in [2.75, 3.05) is 12.8 Å². The Balaban J connectivity index is 2.81. The zero-order chi connectivity index (χ0) is 14.6. The highest BCUT2D eigenvalue weighted by Crippen LogP contribution is 2.11. The Morgan fingerprint density at radius 1 is 1.53 bits per heavy atom. The van der Waals surface area contributed by atoms with E-state index in [0.717, 1.165) is 0 Å². The lowest BCUT2D eigenvalue weighted by Gasteiger charge is -2.18. The Morgan fingerprint density at radius 3 is 2.58 bits per heavy atom. The molecule has 1 atom stereocenters. The molecule has 0 spiro atoms. The molecule has 1 rings (SSSR count). The molecule has 0 saturated heterocycles. The molecule has 0 aromatic carbocycles. The number of esters is 1. The molecule has 0 bridgehead atoms. The van der Waals surface area contributed by atoms with E-state index in [-0.39, 0.29) is 17.3 Å². The molecule has 1 aromatic heterocycles. The molecule has 19 heavy (non-hydrogen) atoms. The van der Waals surface area contributed by atoms with Gasteiger partial charge in [0, 0.05) is 7.05 Å². The van der Waals surface area contributed by atoms with Gasteiger partial charge in [0.25, 0.3) is 5.91 Å². The predicted molar refractivity (Wildman–Crippen MR) is 70.3 cm³/mol. The summed E-state index contributed by atoms with van der Waals surface area (Å²) in [6.45, 7) is 3.92. The van der Waals surface area contributed by atoms with Gasteiger partial charge >= 0.3 is 5.97 Å². The summed E-state index contributed by atoms with van der Waals surface area (Å²) in [4.78, 5) is 23.7. The Bertz CT molecular complexity index is 468. The number of methoxy groups -OCH3 is 1. The number of nitrogens with zero attached hydrogens (tertiary/aromatic N) is 2. The van der Waals surface area contributed by atoms with Gasteiger partial charge in [-0.15, -0.1) is 0 Å². The third-order valence-electron chi connectivity index (χ3n) is 2.73. The first kappa shape index (κ1) is 15.0.